The Morgan fingerprint density at radius 1 is 0.844 bits per heavy atom. The monoisotopic (exact) mass is 665 g/mol. The summed E-state index contributed by atoms with van der Waals surface area (Å²) in [7, 11) is -4.29. The zero-order chi connectivity index (χ0) is 32.6. The molecule has 0 aliphatic rings. The number of hydrogen-bond acceptors (Lipinski definition) is 4. The molecule has 236 valence electrons. The fraction of sp³-hybridized carbons (Fsp3) is 0.257. The van der Waals surface area contributed by atoms with Crippen LogP contribution in [0, 0.1) is 6.92 Å². The first-order chi connectivity index (χ1) is 21.5. The number of rotatable bonds is 13. The van der Waals surface area contributed by atoms with Gasteiger partial charge in [0.2, 0.25) is 11.8 Å². The number of aryl methyl sites for hydroxylation is 1. The molecule has 2 atom stereocenters. The molecule has 0 spiro atoms. The summed E-state index contributed by atoms with van der Waals surface area (Å²) in [6.07, 6.45) is 0.927. The molecule has 0 heterocycles. The first kappa shape index (κ1) is 34.0. The number of hydrogen-bond donors (Lipinski definition) is 1. The lowest BCUT2D eigenvalue weighted by atomic mass is 10.0. The number of nitrogens with zero attached hydrogens (tertiary/aromatic N) is 2. The minimum Gasteiger partial charge on any atom is -0.352 e. The van der Waals surface area contributed by atoms with E-state index in [1.807, 2.05) is 75.4 Å². The van der Waals surface area contributed by atoms with Crippen LogP contribution in [0.25, 0.3) is 0 Å². The van der Waals surface area contributed by atoms with Crippen LogP contribution in [-0.2, 0) is 32.6 Å². The molecule has 0 bridgehead atoms. The van der Waals surface area contributed by atoms with E-state index in [1.165, 1.54) is 23.1 Å². The zero-order valence-corrected chi connectivity index (χ0v) is 27.8. The molecule has 2 amide bonds. The Bertz CT molecular complexity index is 1720. The highest BCUT2D eigenvalue weighted by molar-refractivity contribution is 7.92. The highest BCUT2D eigenvalue weighted by Gasteiger charge is 2.35. The number of anilines is 1. The Balaban J connectivity index is 1.84. The maximum atomic E-state index is 14.6. The van der Waals surface area contributed by atoms with Gasteiger partial charge in [-0.1, -0.05) is 109 Å². The van der Waals surface area contributed by atoms with Gasteiger partial charge >= 0.3 is 0 Å². The van der Waals surface area contributed by atoms with Crippen molar-refractivity contribution in [1.29, 1.82) is 0 Å². The maximum absolute atomic E-state index is 14.6. The molecule has 7 nitrogen and oxygen atoms in total. The number of sulfonamides is 1. The van der Waals surface area contributed by atoms with Crippen LogP contribution >= 0.6 is 23.2 Å². The number of benzene rings is 4. The van der Waals surface area contributed by atoms with Gasteiger partial charge in [-0.05, 0) is 61.2 Å². The van der Waals surface area contributed by atoms with Gasteiger partial charge < -0.3 is 10.2 Å². The van der Waals surface area contributed by atoms with Gasteiger partial charge in [0.15, 0.2) is 0 Å². The molecule has 0 fully saturated rings. The van der Waals surface area contributed by atoms with Gasteiger partial charge in [0, 0.05) is 19.0 Å². The van der Waals surface area contributed by atoms with Crippen molar-refractivity contribution in [1.82, 2.24) is 10.2 Å². The molecule has 0 aliphatic carbocycles. The molecule has 1 N–H and O–H groups in total. The van der Waals surface area contributed by atoms with Crippen LogP contribution in [0.5, 0.6) is 0 Å². The van der Waals surface area contributed by atoms with Crippen molar-refractivity contribution in [2.24, 2.45) is 0 Å². The smallest absolute Gasteiger partial charge is 0.264 e. The van der Waals surface area contributed by atoms with Crippen molar-refractivity contribution in [2.75, 3.05) is 10.8 Å². The van der Waals surface area contributed by atoms with Crippen LogP contribution in [0.15, 0.2) is 108 Å². The number of nitrogens with one attached hydrogen (secondary N) is 1. The summed E-state index contributed by atoms with van der Waals surface area (Å²) in [5, 5.41) is 3.17. The summed E-state index contributed by atoms with van der Waals surface area (Å²) < 4.78 is 29.2. The molecule has 0 saturated heterocycles. The molecule has 0 radical (unpaired) electrons. The lowest BCUT2D eigenvalue weighted by Crippen LogP contribution is -2.54. The van der Waals surface area contributed by atoms with E-state index in [0.29, 0.717) is 6.42 Å². The lowest BCUT2D eigenvalue weighted by molar-refractivity contribution is -0.140. The minimum absolute atomic E-state index is 0.00715. The summed E-state index contributed by atoms with van der Waals surface area (Å²) in [6, 6.07) is 28.4. The Morgan fingerprint density at radius 2 is 1.47 bits per heavy atom. The van der Waals surface area contributed by atoms with E-state index in [-0.39, 0.29) is 45.5 Å². The van der Waals surface area contributed by atoms with Crippen LogP contribution in [0.2, 0.25) is 10.0 Å². The molecule has 4 aromatic rings. The maximum Gasteiger partial charge on any atom is 0.264 e. The Morgan fingerprint density at radius 3 is 2.11 bits per heavy atom. The quantitative estimate of drug-likeness (QED) is 0.166. The van der Waals surface area contributed by atoms with E-state index >= 15 is 0 Å². The Kier molecular flexibility index (Phi) is 11.7. The number of carbonyl (C=O) groups excluding carboxylic acids is 2. The molecular formula is C35H37Cl2N3O4S. The summed E-state index contributed by atoms with van der Waals surface area (Å²) in [5.41, 5.74) is 2.68. The van der Waals surface area contributed by atoms with Crippen LogP contribution in [0.1, 0.15) is 37.0 Å². The van der Waals surface area contributed by atoms with E-state index in [0.717, 1.165) is 21.0 Å². The van der Waals surface area contributed by atoms with Gasteiger partial charge in [-0.2, -0.15) is 0 Å². The Hall–Kier alpha value is -3.85. The topological polar surface area (TPSA) is 86.8 Å². The fourth-order valence-electron chi connectivity index (χ4n) is 4.88. The van der Waals surface area contributed by atoms with Crippen LogP contribution < -0.4 is 9.62 Å². The lowest BCUT2D eigenvalue weighted by Gasteiger charge is -2.34. The standard InChI is InChI=1S/C35H37Cl2N3O4S/c1-4-26(3)38-35(42)32(22-27-15-7-5-8-16-27)39(23-28-17-12-11-14-25(28)2)33(41)24-40(31-21-13-20-30(36)34(31)37)45(43,44)29-18-9-6-10-19-29/h5-21,26,32H,4,22-24H2,1-3H3,(H,38,42)/t26-,32+/m1/s1. The predicted octanol–water partition coefficient (Wildman–Crippen LogP) is 7.05. The van der Waals surface area contributed by atoms with Crippen molar-refractivity contribution in [3.8, 4) is 0 Å². The van der Waals surface area contributed by atoms with Crippen molar-refractivity contribution in [2.45, 2.75) is 57.1 Å². The van der Waals surface area contributed by atoms with Crippen molar-refractivity contribution in [3.05, 3.63) is 130 Å². The molecule has 0 unspecified atom stereocenters. The highest BCUT2D eigenvalue weighted by Crippen LogP contribution is 2.35. The summed E-state index contributed by atoms with van der Waals surface area (Å²) >= 11 is 12.9. The second-order valence-corrected chi connectivity index (χ2v) is 13.5. The van der Waals surface area contributed by atoms with Crippen LogP contribution in [0.3, 0.4) is 0 Å². The largest absolute Gasteiger partial charge is 0.352 e. The third-order valence-electron chi connectivity index (χ3n) is 7.68. The van der Waals surface area contributed by atoms with E-state index in [4.69, 9.17) is 23.2 Å². The molecule has 0 aliphatic heterocycles. The van der Waals surface area contributed by atoms with Crippen LogP contribution in [0.4, 0.5) is 5.69 Å². The fourth-order valence-corrected chi connectivity index (χ4v) is 6.78. The van der Waals surface area contributed by atoms with Gasteiger partial charge in [0.25, 0.3) is 10.0 Å². The van der Waals surface area contributed by atoms with E-state index in [2.05, 4.69) is 5.32 Å². The minimum atomic E-state index is -4.29. The molecule has 0 aromatic heterocycles. The van der Waals surface area contributed by atoms with Crippen molar-refractivity contribution in [3.63, 3.8) is 0 Å². The molecule has 4 aromatic carbocycles. The normalized spacial score (nSPS) is 12.6. The van der Waals surface area contributed by atoms with Gasteiger partial charge in [-0.15, -0.1) is 0 Å². The van der Waals surface area contributed by atoms with E-state index in [1.54, 1.807) is 30.3 Å². The third-order valence-corrected chi connectivity index (χ3v) is 10.3. The summed E-state index contributed by atoms with van der Waals surface area (Å²) in [5.74, 6) is -0.901. The second-order valence-electron chi connectivity index (χ2n) is 10.9. The molecule has 10 heteroatoms. The van der Waals surface area contributed by atoms with Gasteiger partial charge in [-0.25, -0.2) is 8.42 Å². The van der Waals surface area contributed by atoms with Gasteiger partial charge in [0.05, 0.1) is 20.6 Å². The van der Waals surface area contributed by atoms with E-state index in [9.17, 15) is 18.0 Å². The first-order valence-electron chi connectivity index (χ1n) is 14.7. The third kappa shape index (κ3) is 8.45. The number of carbonyl (C=O) groups is 2. The average molecular weight is 667 g/mol. The highest BCUT2D eigenvalue weighted by atomic mass is 35.5. The van der Waals surface area contributed by atoms with E-state index < -0.39 is 28.5 Å². The van der Waals surface area contributed by atoms with Gasteiger partial charge in [-0.3, -0.25) is 13.9 Å². The summed E-state index contributed by atoms with van der Waals surface area (Å²) in [4.78, 5) is 30.0. The zero-order valence-electron chi connectivity index (χ0n) is 25.5. The van der Waals surface area contributed by atoms with Gasteiger partial charge in [0.1, 0.15) is 12.6 Å². The molecular weight excluding hydrogens is 629 g/mol. The van der Waals surface area contributed by atoms with Crippen molar-refractivity contribution >= 4 is 50.7 Å². The number of amides is 2. The van der Waals surface area contributed by atoms with Crippen molar-refractivity contribution < 1.29 is 18.0 Å². The summed E-state index contributed by atoms with van der Waals surface area (Å²) in [6.45, 7) is 5.26. The average Bonchev–Trinajstić information content (AvgIpc) is 3.04. The van der Waals surface area contributed by atoms with Crippen LogP contribution in [-0.4, -0.2) is 43.8 Å². The SMILES string of the molecule is CC[C@@H](C)NC(=O)[C@H](Cc1ccccc1)N(Cc1ccccc1C)C(=O)CN(c1cccc(Cl)c1Cl)S(=O)(=O)c1ccccc1. The Labute approximate surface area is 275 Å². The first-order valence-corrected chi connectivity index (χ1v) is 16.9. The molecule has 45 heavy (non-hydrogen) atoms. The molecule has 0 saturated carbocycles. The number of halogens is 2. The molecule has 4 rings (SSSR count). The second kappa shape index (κ2) is 15.4. The predicted molar refractivity (Wildman–Crippen MR) is 181 cm³/mol.